The molecule has 0 bridgehead atoms. The average Bonchev–Trinajstić information content (AvgIpc) is 3.04. The van der Waals surface area contributed by atoms with Crippen molar-refractivity contribution in [3.63, 3.8) is 0 Å². The molecular weight excluding hydrogens is 234 g/mol. The highest BCUT2D eigenvalue weighted by atomic mass is 15.2. The first-order valence-corrected chi connectivity index (χ1v) is 7.71. The molecule has 0 aromatic carbocycles. The molecule has 1 aromatic rings. The Kier molecular flexibility index (Phi) is 4.14. The van der Waals surface area contributed by atoms with Crippen molar-refractivity contribution in [3.05, 3.63) is 30.1 Å². The number of rotatable bonds is 5. The summed E-state index contributed by atoms with van der Waals surface area (Å²) in [5.74, 6) is 1.90. The van der Waals surface area contributed by atoms with E-state index in [1.165, 1.54) is 37.9 Å². The highest BCUT2D eigenvalue weighted by molar-refractivity contribution is 5.09. The fraction of sp³-hybridized carbons (Fsp3) is 0.688. The summed E-state index contributed by atoms with van der Waals surface area (Å²) in [4.78, 5) is 6.66. The van der Waals surface area contributed by atoms with E-state index >= 15 is 0 Å². The molecule has 3 rings (SSSR count). The number of fused-ring (bicyclic) bond motifs is 1. The Morgan fingerprint density at radius 3 is 2.95 bits per heavy atom. The van der Waals surface area contributed by atoms with Gasteiger partial charge < -0.3 is 5.32 Å². The molecule has 1 saturated heterocycles. The zero-order valence-electron chi connectivity index (χ0n) is 11.9. The summed E-state index contributed by atoms with van der Waals surface area (Å²) in [5, 5.41) is 3.76. The Bertz CT molecular complexity index is 392. The van der Waals surface area contributed by atoms with Crippen LogP contribution in [0.2, 0.25) is 0 Å². The number of likely N-dealkylation sites (N-methyl/N-ethyl adjacent to an activating group) is 1. The smallest absolute Gasteiger partial charge is 0.0271 e. The van der Waals surface area contributed by atoms with Crippen LogP contribution < -0.4 is 5.32 Å². The lowest BCUT2D eigenvalue weighted by Gasteiger charge is -2.27. The zero-order chi connectivity index (χ0) is 13.1. The lowest BCUT2D eigenvalue weighted by Crippen LogP contribution is -2.40. The minimum atomic E-state index is 0.717. The van der Waals surface area contributed by atoms with Crippen molar-refractivity contribution in [2.45, 2.75) is 38.8 Å². The second kappa shape index (κ2) is 6.02. The van der Waals surface area contributed by atoms with Crippen molar-refractivity contribution >= 4 is 0 Å². The molecule has 1 aliphatic carbocycles. The van der Waals surface area contributed by atoms with Gasteiger partial charge in [-0.3, -0.25) is 9.88 Å². The van der Waals surface area contributed by atoms with Crippen LogP contribution in [0.25, 0.3) is 0 Å². The summed E-state index contributed by atoms with van der Waals surface area (Å²) >= 11 is 0. The number of nitrogens with zero attached hydrogens (tertiary/aromatic N) is 2. The maximum absolute atomic E-state index is 4.09. The number of hydrogen-bond donors (Lipinski definition) is 1. The molecule has 1 aromatic heterocycles. The Labute approximate surface area is 116 Å². The van der Waals surface area contributed by atoms with E-state index < -0.39 is 0 Å². The van der Waals surface area contributed by atoms with Gasteiger partial charge in [-0.1, -0.05) is 13.3 Å². The van der Waals surface area contributed by atoms with Gasteiger partial charge in [0.25, 0.3) is 0 Å². The van der Waals surface area contributed by atoms with E-state index in [0.29, 0.717) is 6.04 Å². The van der Waals surface area contributed by atoms with Gasteiger partial charge in [0.1, 0.15) is 0 Å². The first-order chi connectivity index (χ1) is 9.36. The predicted octanol–water partition coefficient (Wildman–Crippen LogP) is 2.29. The van der Waals surface area contributed by atoms with E-state index in [1.54, 1.807) is 0 Å². The molecule has 1 N–H and O–H groups in total. The van der Waals surface area contributed by atoms with Crippen LogP contribution in [0.15, 0.2) is 24.5 Å². The SMILES string of the molecule is CCN(Cc1ccncc1)CC1NCC2CCCC21. The first kappa shape index (κ1) is 13.1. The summed E-state index contributed by atoms with van der Waals surface area (Å²) in [6, 6.07) is 4.97. The van der Waals surface area contributed by atoms with Crippen molar-refractivity contribution in [1.82, 2.24) is 15.2 Å². The van der Waals surface area contributed by atoms with Gasteiger partial charge in [-0.05, 0) is 55.5 Å². The van der Waals surface area contributed by atoms with Crippen LogP contribution in [0.1, 0.15) is 31.7 Å². The van der Waals surface area contributed by atoms with Crippen LogP contribution in [0, 0.1) is 11.8 Å². The van der Waals surface area contributed by atoms with Gasteiger partial charge >= 0.3 is 0 Å². The standard InChI is InChI=1S/C16H25N3/c1-2-19(11-13-6-8-17-9-7-13)12-16-15-5-3-4-14(15)10-18-16/h6-9,14-16,18H,2-5,10-12H2,1H3. The van der Waals surface area contributed by atoms with E-state index in [9.17, 15) is 0 Å². The van der Waals surface area contributed by atoms with Crippen molar-refractivity contribution in [2.24, 2.45) is 11.8 Å². The van der Waals surface area contributed by atoms with E-state index in [4.69, 9.17) is 0 Å². The largest absolute Gasteiger partial charge is 0.312 e. The van der Waals surface area contributed by atoms with E-state index in [-0.39, 0.29) is 0 Å². The summed E-state index contributed by atoms with van der Waals surface area (Å²) in [6.07, 6.45) is 8.12. The third kappa shape index (κ3) is 2.98. The fourth-order valence-electron chi connectivity index (χ4n) is 3.83. The molecule has 0 amide bonds. The summed E-state index contributed by atoms with van der Waals surface area (Å²) in [5.41, 5.74) is 1.37. The van der Waals surface area contributed by atoms with Gasteiger partial charge in [0.2, 0.25) is 0 Å². The van der Waals surface area contributed by atoms with Gasteiger partial charge in [0, 0.05) is 31.5 Å². The Morgan fingerprint density at radius 1 is 1.32 bits per heavy atom. The fourth-order valence-corrected chi connectivity index (χ4v) is 3.83. The second-order valence-electron chi connectivity index (χ2n) is 6.05. The minimum absolute atomic E-state index is 0.717. The maximum atomic E-state index is 4.09. The molecule has 0 radical (unpaired) electrons. The van der Waals surface area contributed by atoms with Gasteiger partial charge in [-0.25, -0.2) is 0 Å². The highest BCUT2D eigenvalue weighted by Crippen LogP contribution is 2.37. The highest BCUT2D eigenvalue weighted by Gasteiger charge is 2.39. The third-order valence-corrected chi connectivity index (χ3v) is 4.93. The lowest BCUT2D eigenvalue weighted by atomic mass is 9.94. The molecule has 3 nitrogen and oxygen atoms in total. The van der Waals surface area contributed by atoms with Crippen molar-refractivity contribution in [2.75, 3.05) is 19.6 Å². The summed E-state index contributed by atoms with van der Waals surface area (Å²) in [6.45, 7) is 6.89. The van der Waals surface area contributed by atoms with Gasteiger partial charge in [0.05, 0.1) is 0 Å². The quantitative estimate of drug-likeness (QED) is 0.879. The molecule has 3 unspecified atom stereocenters. The first-order valence-electron chi connectivity index (χ1n) is 7.71. The molecule has 104 valence electrons. The normalized spacial score (nSPS) is 29.9. The van der Waals surface area contributed by atoms with Crippen LogP contribution in [0.5, 0.6) is 0 Å². The molecule has 2 fully saturated rings. The molecule has 2 aliphatic rings. The van der Waals surface area contributed by atoms with Crippen LogP contribution in [-0.2, 0) is 6.54 Å². The number of hydrogen-bond acceptors (Lipinski definition) is 3. The van der Waals surface area contributed by atoms with Gasteiger partial charge in [-0.15, -0.1) is 0 Å². The van der Waals surface area contributed by atoms with Crippen molar-refractivity contribution in [3.8, 4) is 0 Å². The summed E-state index contributed by atoms with van der Waals surface area (Å²) in [7, 11) is 0. The Morgan fingerprint density at radius 2 is 2.16 bits per heavy atom. The van der Waals surface area contributed by atoms with E-state index in [2.05, 4.69) is 34.3 Å². The van der Waals surface area contributed by atoms with E-state index in [0.717, 1.165) is 24.9 Å². The Balaban J connectivity index is 1.58. The molecular formula is C16H25N3. The lowest BCUT2D eigenvalue weighted by molar-refractivity contribution is 0.228. The minimum Gasteiger partial charge on any atom is -0.312 e. The average molecular weight is 259 g/mol. The number of aromatic nitrogens is 1. The number of nitrogens with one attached hydrogen (secondary N) is 1. The molecule has 3 heteroatoms. The van der Waals surface area contributed by atoms with E-state index in [1.807, 2.05) is 12.4 Å². The number of pyridine rings is 1. The van der Waals surface area contributed by atoms with Crippen LogP contribution in [0.4, 0.5) is 0 Å². The van der Waals surface area contributed by atoms with Gasteiger partial charge in [0.15, 0.2) is 0 Å². The molecule has 19 heavy (non-hydrogen) atoms. The van der Waals surface area contributed by atoms with Crippen LogP contribution in [-0.4, -0.2) is 35.6 Å². The third-order valence-electron chi connectivity index (χ3n) is 4.93. The molecule has 2 heterocycles. The van der Waals surface area contributed by atoms with Gasteiger partial charge in [-0.2, -0.15) is 0 Å². The van der Waals surface area contributed by atoms with Crippen molar-refractivity contribution < 1.29 is 0 Å². The molecule has 3 atom stereocenters. The maximum Gasteiger partial charge on any atom is 0.0271 e. The Hall–Kier alpha value is -0.930. The van der Waals surface area contributed by atoms with Crippen LogP contribution >= 0.6 is 0 Å². The summed E-state index contributed by atoms with van der Waals surface area (Å²) < 4.78 is 0. The van der Waals surface area contributed by atoms with Crippen LogP contribution in [0.3, 0.4) is 0 Å². The molecule has 1 aliphatic heterocycles. The van der Waals surface area contributed by atoms with Crippen molar-refractivity contribution in [1.29, 1.82) is 0 Å². The topological polar surface area (TPSA) is 28.2 Å². The monoisotopic (exact) mass is 259 g/mol. The second-order valence-corrected chi connectivity index (χ2v) is 6.05. The zero-order valence-corrected chi connectivity index (χ0v) is 11.9. The molecule has 0 spiro atoms. The predicted molar refractivity (Wildman–Crippen MR) is 77.8 cm³/mol. The molecule has 1 saturated carbocycles.